The standard InChI is InChI=1S/C20H29NO4/c1-5-25-19(23)20(10-8-17(24-4)9-11-20)21-18(22)13-16-12-14(2)6-7-15(16)3/h6-7,12,17H,5,8-11,13H2,1-4H3,(H,21,22)/t17-,20+. The molecule has 2 rings (SSSR count). The third-order valence-corrected chi connectivity index (χ3v) is 5.02. The maximum atomic E-state index is 12.7. The monoisotopic (exact) mass is 347 g/mol. The van der Waals surface area contributed by atoms with Crippen LogP contribution in [-0.2, 0) is 25.5 Å². The van der Waals surface area contributed by atoms with E-state index >= 15 is 0 Å². The number of hydrogen-bond donors (Lipinski definition) is 1. The number of methoxy groups -OCH3 is 1. The second-order valence-corrected chi connectivity index (χ2v) is 6.89. The van der Waals surface area contributed by atoms with E-state index in [1.807, 2.05) is 32.0 Å². The van der Waals surface area contributed by atoms with Crippen molar-refractivity contribution < 1.29 is 19.1 Å². The summed E-state index contributed by atoms with van der Waals surface area (Å²) < 4.78 is 10.6. The molecule has 5 heteroatoms. The summed E-state index contributed by atoms with van der Waals surface area (Å²) in [7, 11) is 1.68. The maximum absolute atomic E-state index is 12.7. The van der Waals surface area contributed by atoms with E-state index < -0.39 is 5.54 Å². The van der Waals surface area contributed by atoms with Gasteiger partial charge in [0.15, 0.2) is 0 Å². The van der Waals surface area contributed by atoms with Crippen LogP contribution in [0.2, 0.25) is 0 Å². The van der Waals surface area contributed by atoms with Gasteiger partial charge in [-0.15, -0.1) is 0 Å². The predicted octanol–water partition coefficient (Wildman–Crippen LogP) is 2.85. The van der Waals surface area contributed by atoms with Crippen molar-refractivity contribution in [2.24, 2.45) is 0 Å². The first-order chi connectivity index (χ1) is 11.9. The van der Waals surface area contributed by atoms with Crippen molar-refractivity contribution in [2.75, 3.05) is 13.7 Å². The molecule has 0 saturated heterocycles. The van der Waals surface area contributed by atoms with Gasteiger partial charge < -0.3 is 14.8 Å². The molecule has 0 aromatic heterocycles. The Hall–Kier alpha value is -1.88. The van der Waals surface area contributed by atoms with Crippen LogP contribution in [0.25, 0.3) is 0 Å². The summed E-state index contributed by atoms with van der Waals surface area (Å²) in [6.45, 7) is 6.09. The highest BCUT2D eigenvalue weighted by atomic mass is 16.5. The Bertz CT molecular complexity index is 618. The Balaban J connectivity index is 2.12. The summed E-state index contributed by atoms with van der Waals surface area (Å²) in [6, 6.07) is 6.07. The number of carbonyl (C=O) groups excluding carboxylic acids is 2. The van der Waals surface area contributed by atoms with Gasteiger partial charge in [0.1, 0.15) is 5.54 Å². The number of carbonyl (C=O) groups is 2. The van der Waals surface area contributed by atoms with Gasteiger partial charge in [0, 0.05) is 7.11 Å². The Morgan fingerprint density at radius 1 is 1.24 bits per heavy atom. The van der Waals surface area contributed by atoms with Crippen LogP contribution in [0.3, 0.4) is 0 Å². The fourth-order valence-corrected chi connectivity index (χ4v) is 3.44. The van der Waals surface area contributed by atoms with Crippen LogP contribution >= 0.6 is 0 Å². The Labute approximate surface area is 150 Å². The van der Waals surface area contributed by atoms with Crippen LogP contribution in [0.4, 0.5) is 0 Å². The van der Waals surface area contributed by atoms with E-state index in [-0.39, 0.29) is 24.4 Å². The lowest BCUT2D eigenvalue weighted by Crippen LogP contribution is -2.58. The molecule has 1 N–H and O–H groups in total. The molecule has 0 aliphatic heterocycles. The molecule has 1 amide bonds. The summed E-state index contributed by atoms with van der Waals surface area (Å²) in [5, 5.41) is 2.99. The molecule has 138 valence electrons. The first-order valence-electron chi connectivity index (χ1n) is 8.97. The molecule has 0 heterocycles. The van der Waals surface area contributed by atoms with Crippen molar-refractivity contribution in [3.8, 4) is 0 Å². The topological polar surface area (TPSA) is 64.6 Å². The minimum Gasteiger partial charge on any atom is -0.464 e. The van der Waals surface area contributed by atoms with Crippen molar-refractivity contribution in [3.63, 3.8) is 0 Å². The van der Waals surface area contributed by atoms with E-state index in [2.05, 4.69) is 5.32 Å². The lowest BCUT2D eigenvalue weighted by atomic mass is 9.80. The first kappa shape index (κ1) is 19.4. The highest BCUT2D eigenvalue weighted by Crippen LogP contribution is 2.31. The van der Waals surface area contributed by atoms with Gasteiger partial charge in [-0.3, -0.25) is 4.79 Å². The van der Waals surface area contributed by atoms with Crippen molar-refractivity contribution in [2.45, 2.75) is 64.5 Å². The summed E-state index contributed by atoms with van der Waals surface area (Å²) in [5.74, 6) is -0.475. The predicted molar refractivity (Wildman–Crippen MR) is 96.4 cm³/mol. The van der Waals surface area contributed by atoms with Crippen LogP contribution in [0.5, 0.6) is 0 Å². The van der Waals surface area contributed by atoms with E-state index in [4.69, 9.17) is 9.47 Å². The molecule has 25 heavy (non-hydrogen) atoms. The summed E-state index contributed by atoms with van der Waals surface area (Å²) in [4.78, 5) is 25.2. The molecular weight excluding hydrogens is 318 g/mol. The van der Waals surface area contributed by atoms with Crippen molar-refractivity contribution >= 4 is 11.9 Å². The van der Waals surface area contributed by atoms with Crippen molar-refractivity contribution in [3.05, 3.63) is 34.9 Å². The molecule has 1 aliphatic carbocycles. The molecule has 0 bridgehead atoms. The Morgan fingerprint density at radius 2 is 1.92 bits per heavy atom. The van der Waals surface area contributed by atoms with Crippen molar-refractivity contribution in [1.82, 2.24) is 5.32 Å². The summed E-state index contributed by atoms with van der Waals surface area (Å²) in [6.07, 6.45) is 2.96. The zero-order valence-corrected chi connectivity index (χ0v) is 15.7. The molecular formula is C20H29NO4. The third-order valence-electron chi connectivity index (χ3n) is 5.02. The number of esters is 1. The fourth-order valence-electron chi connectivity index (χ4n) is 3.44. The molecule has 0 atom stereocenters. The van der Waals surface area contributed by atoms with E-state index in [0.29, 0.717) is 19.4 Å². The number of ether oxygens (including phenoxy) is 2. The number of aryl methyl sites for hydroxylation is 2. The third kappa shape index (κ3) is 4.82. The van der Waals surface area contributed by atoms with E-state index in [9.17, 15) is 9.59 Å². The fraction of sp³-hybridized carbons (Fsp3) is 0.600. The number of hydrogen-bond acceptors (Lipinski definition) is 4. The molecule has 1 saturated carbocycles. The van der Waals surface area contributed by atoms with Gasteiger partial charge in [0.2, 0.25) is 5.91 Å². The maximum Gasteiger partial charge on any atom is 0.331 e. The molecule has 0 unspecified atom stereocenters. The Morgan fingerprint density at radius 3 is 2.52 bits per heavy atom. The molecule has 1 aliphatic rings. The van der Waals surface area contributed by atoms with Gasteiger partial charge >= 0.3 is 5.97 Å². The second-order valence-electron chi connectivity index (χ2n) is 6.89. The van der Waals surface area contributed by atoms with Gasteiger partial charge in [0.25, 0.3) is 0 Å². The highest BCUT2D eigenvalue weighted by molar-refractivity contribution is 5.89. The number of benzene rings is 1. The quantitative estimate of drug-likeness (QED) is 0.804. The lowest BCUT2D eigenvalue weighted by molar-refractivity contribution is -0.156. The van der Waals surface area contributed by atoms with Gasteiger partial charge in [-0.1, -0.05) is 23.8 Å². The average Bonchev–Trinajstić information content (AvgIpc) is 2.59. The SMILES string of the molecule is CCOC(=O)[C@]1(NC(=O)Cc2cc(C)ccc2C)CC[C@@H](OC)CC1. The smallest absolute Gasteiger partial charge is 0.331 e. The lowest BCUT2D eigenvalue weighted by Gasteiger charge is -2.38. The minimum atomic E-state index is -0.931. The van der Waals surface area contributed by atoms with Gasteiger partial charge in [-0.05, 0) is 57.6 Å². The van der Waals surface area contributed by atoms with Crippen LogP contribution in [0.1, 0.15) is 49.3 Å². The van der Waals surface area contributed by atoms with Gasteiger partial charge in [-0.2, -0.15) is 0 Å². The largest absolute Gasteiger partial charge is 0.464 e. The van der Waals surface area contributed by atoms with Crippen molar-refractivity contribution in [1.29, 1.82) is 0 Å². The van der Waals surface area contributed by atoms with E-state index in [0.717, 1.165) is 29.5 Å². The van der Waals surface area contributed by atoms with Gasteiger partial charge in [-0.25, -0.2) is 4.79 Å². The minimum absolute atomic E-state index is 0.137. The summed E-state index contributed by atoms with van der Waals surface area (Å²) >= 11 is 0. The number of rotatable bonds is 6. The van der Waals surface area contributed by atoms with E-state index in [1.54, 1.807) is 14.0 Å². The normalized spacial score (nSPS) is 23.1. The molecule has 1 aromatic carbocycles. The number of amides is 1. The summed E-state index contributed by atoms with van der Waals surface area (Å²) in [5.41, 5.74) is 2.25. The Kier molecular flexibility index (Phi) is 6.59. The zero-order chi connectivity index (χ0) is 18.4. The highest BCUT2D eigenvalue weighted by Gasteiger charge is 2.44. The molecule has 5 nitrogen and oxygen atoms in total. The van der Waals surface area contributed by atoms with Crippen LogP contribution < -0.4 is 5.32 Å². The number of nitrogens with one attached hydrogen (secondary N) is 1. The molecule has 0 radical (unpaired) electrons. The van der Waals surface area contributed by atoms with Gasteiger partial charge in [0.05, 0.1) is 19.1 Å². The molecule has 1 aromatic rings. The average molecular weight is 347 g/mol. The van der Waals surface area contributed by atoms with Crippen LogP contribution in [0, 0.1) is 13.8 Å². The zero-order valence-electron chi connectivity index (χ0n) is 15.7. The van der Waals surface area contributed by atoms with Crippen LogP contribution in [-0.4, -0.2) is 37.2 Å². The molecule has 1 fully saturated rings. The first-order valence-corrected chi connectivity index (χ1v) is 8.97. The molecule has 0 spiro atoms. The van der Waals surface area contributed by atoms with Crippen LogP contribution in [0.15, 0.2) is 18.2 Å². The van der Waals surface area contributed by atoms with E-state index in [1.165, 1.54) is 0 Å². The second kappa shape index (κ2) is 8.48.